The summed E-state index contributed by atoms with van der Waals surface area (Å²) in [7, 11) is 0. The zero-order chi connectivity index (χ0) is 23.5. The Hall–Kier alpha value is -3.21. The van der Waals surface area contributed by atoms with Gasteiger partial charge in [-0.3, -0.25) is 4.79 Å². The number of rotatable bonds is 2. The third-order valence-corrected chi connectivity index (χ3v) is 7.22. The number of fused-ring (bicyclic) bond motifs is 2. The molecule has 1 aliphatic carbocycles. The van der Waals surface area contributed by atoms with Crippen molar-refractivity contribution in [1.82, 2.24) is 19.9 Å². The minimum absolute atomic E-state index is 0.0393. The largest absolute Gasteiger partial charge is 0.350 e. The van der Waals surface area contributed by atoms with Crippen LogP contribution >= 0.6 is 0 Å². The Balaban J connectivity index is 1.50. The van der Waals surface area contributed by atoms with E-state index in [0.29, 0.717) is 12.1 Å². The number of nitrogens with zero attached hydrogens (tertiary/aromatic N) is 7. The van der Waals surface area contributed by atoms with Crippen molar-refractivity contribution in [3.05, 3.63) is 35.8 Å². The molecule has 1 saturated carbocycles. The summed E-state index contributed by atoms with van der Waals surface area (Å²) < 4.78 is 0. The monoisotopic (exact) mass is 445 g/mol. The van der Waals surface area contributed by atoms with Crippen LogP contribution in [-0.4, -0.2) is 57.5 Å². The number of carbonyl (C=O) groups excluding carboxylic acids is 1. The molecule has 2 aromatic heterocycles. The first kappa shape index (κ1) is 21.6. The lowest BCUT2D eigenvalue weighted by molar-refractivity contribution is -0.142. The number of carbonyl (C=O) groups is 1. The van der Waals surface area contributed by atoms with E-state index in [4.69, 9.17) is 4.98 Å². The molecule has 3 aliphatic rings. The summed E-state index contributed by atoms with van der Waals surface area (Å²) in [5, 5.41) is 9.34. The smallest absolute Gasteiger partial charge is 0.228 e. The molecule has 2 unspecified atom stereocenters. The number of nitriles is 1. The fourth-order valence-electron chi connectivity index (χ4n) is 5.24. The van der Waals surface area contributed by atoms with E-state index in [1.54, 1.807) is 18.6 Å². The van der Waals surface area contributed by atoms with Crippen LogP contribution in [0.5, 0.6) is 0 Å². The number of aromatic nitrogens is 3. The van der Waals surface area contributed by atoms with Crippen LogP contribution in [-0.2, 0) is 10.2 Å². The number of amides is 1. The van der Waals surface area contributed by atoms with Crippen molar-refractivity contribution in [1.29, 1.82) is 5.26 Å². The predicted octanol–water partition coefficient (Wildman–Crippen LogP) is 3.40. The molecule has 1 amide bonds. The zero-order valence-electron chi connectivity index (χ0n) is 20.0. The lowest BCUT2D eigenvalue weighted by Crippen LogP contribution is -2.60. The second-order valence-electron chi connectivity index (χ2n) is 10.8. The maximum absolute atomic E-state index is 13.0. The van der Waals surface area contributed by atoms with Gasteiger partial charge in [-0.25, -0.2) is 15.0 Å². The zero-order valence-corrected chi connectivity index (χ0v) is 20.0. The molecule has 0 radical (unpaired) electrons. The van der Waals surface area contributed by atoms with Gasteiger partial charge in [-0.15, -0.1) is 0 Å². The SMILES string of the molecule is CC1CN(c2ncnc3c2C2(CC2)CN3c2cc(C#N)ccn2)C(C)CN1C(=O)C(C)(C)C. The van der Waals surface area contributed by atoms with Crippen molar-refractivity contribution >= 4 is 23.4 Å². The number of pyridine rings is 1. The molecule has 0 bridgehead atoms. The van der Waals surface area contributed by atoms with Gasteiger partial charge in [0.1, 0.15) is 23.8 Å². The van der Waals surface area contributed by atoms with Crippen LogP contribution in [0.3, 0.4) is 0 Å². The van der Waals surface area contributed by atoms with Crippen LogP contribution < -0.4 is 9.80 Å². The highest BCUT2D eigenvalue weighted by molar-refractivity contribution is 5.82. The van der Waals surface area contributed by atoms with Gasteiger partial charge in [0.05, 0.1) is 11.6 Å². The fraction of sp³-hybridized carbons (Fsp3) is 0.560. The first-order chi connectivity index (χ1) is 15.6. The standard InChI is InChI=1S/C25H31N7O/c1-16-13-31(23(33)24(3,4)5)17(2)12-30(16)21-20-22(29-15-28-21)32(14-25(20)7-8-25)19-10-18(11-26)6-9-27-19/h6,9-10,15-17H,7-8,12-14H2,1-5H3. The molecule has 5 rings (SSSR count). The number of hydrogen-bond donors (Lipinski definition) is 0. The van der Waals surface area contributed by atoms with E-state index >= 15 is 0 Å². The lowest BCUT2D eigenvalue weighted by Gasteiger charge is -2.47. The predicted molar refractivity (Wildman–Crippen MR) is 126 cm³/mol. The van der Waals surface area contributed by atoms with Gasteiger partial charge in [0.25, 0.3) is 0 Å². The van der Waals surface area contributed by atoms with Crippen molar-refractivity contribution in [2.24, 2.45) is 5.41 Å². The summed E-state index contributed by atoms with van der Waals surface area (Å²) >= 11 is 0. The van der Waals surface area contributed by atoms with Gasteiger partial charge in [-0.2, -0.15) is 5.26 Å². The van der Waals surface area contributed by atoms with Crippen molar-refractivity contribution < 1.29 is 4.79 Å². The Morgan fingerprint density at radius 1 is 1.12 bits per heavy atom. The van der Waals surface area contributed by atoms with E-state index in [1.807, 2.05) is 31.7 Å². The average molecular weight is 446 g/mol. The van der Waals surface area contributed by atoms with Crippen LogP contribution in [0.2, 0.25) is 0 Å². The molecule has 1 saturated heterocycles. The van der Waals surface area contributed by atoms with Crippen molar-refractivity contribution in [2.45, 2.75) is 65.0 Å². The van der Waals surface area contributed by atoms with Gasteiger partial charge < -0.3 is 14.7 Å². The van der Waals surface area contributed by atoms with Crippen LogP contribution in [0.4, 0.5) is 17.5 Å². The number of hydrogen-bond acceptors (Lipinski definition) is 7. The Morgan fingerprint density at radius 2 is 1.85 bits per heavy atom. The van der Waals surface area contributed by atoms with Crippen molar-refractivity contribution in [2.75, 3.05) is 29.4 Å². The highest BCUT2D eigenvalue weighted by Crippen LogP contribution is 2.59. The highest BCUT2D eigenvalue weighted by atomic mass is 16.2. The van der Waals surface area contributed by atoms with Gasteiger partial charge in [0, 0.05) is 54.3 Å². The summed E-state index contributed by atoms with van der Waals surface area (Å²) in [6.07, 6.45) is 5.52. The Kier molecular flexibility index (Phi) is 4.85. The summed E-state index contributed by atoms with van der Waals surface area (Å²) in [5.41, 5.74) is 1.44. The minimum atomic E-state index is -0.393. The van der Waals surface area contributed by atoms with Crippen LogP contribution in [0.25, 0.3) is 0 Å². The van der Waals surface area contributed by atoms with E-state index < -0.39 is 5.41 Å². The normalized spacial score (nSPS) is 23.5. The van der Waals surface area contributed by atoms with Gasteiger partial charge in [0.2, 0.25) is 5.91 Å². The van der Waals surface area contributed by atoms with E-state index in [0.717, 1.165) is 43.4 Å². The lowest BCUT2D eigenvalue weighted by atomic mass is 9.92. The van der Waals surface area contributed by atoms with Gasteiger partial charge in [-0.05, 0) is 38.8 Å². The highest BCUT2D eigenvalue weighted by Gasteiger charge is 2.56. The summed E-state index contributed by atoms with van der Waals surface area (Å²) in [4.78, 5) is 33.6. The van der Waals surface area contributed by atoms with E-state index in [1.165, 1.54) is 5.56 Å². The summed E-state index contributed by atoms with van der Waals surface area (Å²) in [6, 6.07) is 6.01. The molecule has 8 heteroatoms. The van der Waals surface area contributed by atoms with Crippen LogP contribution in [0.15, 0.2) is 24.7 Å². The average Bonchev–Trinajstić information content (AvgIpc) is 3.49. The first-order valence-corrected chi connectivity index (χ1v) is 11.7. The molecule has 2 fully saturated rings. The Morgan fingerprint density at radius 3 is 2.52 bits per heavy atom. The van der Waals surface area contributed by atoms with Gasteiger partial charge >= 0.3 is 0 Å². The first-order valence-electron chi connectivity index (χ1n) is 11.7. The molecular weight excluding hydrogens is 414 g/mol. The van der Waals surface area contributed by atoms with E-state index in [-0.39, 0.29) is 23.4 Å². The van der Waals surface area contributed by atoms with Gasteiger partial charge in [0.15, 0.2) is 0 Å². The third kappa shape index (κ3) is 3.50. The molecule has 2 aliphatic heterocycles. The molecule has 33 heavy (non-hydrogen) atoms. The number of anilines is 3. The summed E-state index contributed by atoms with van der Waals surface area (Å²) in [6.45, 7) is 12.5. The topological polar surface area (TPSA) is 89.2 Å². The van der Waals surface area contributed by atoms with E-state index in [9.17, 15) is 10.1 Å². The number of piperazine rings is 1. The second-order valence-corrected chi connectivity index (χ2v) is 10.8. The Labute approximate surface area is 195 Å². The van der Waals surface area contributed by atoms with Crippen LogP contribution in [0, 0.1) is 16.7 Å². The van der Waals surface area contributed by atoms with Crippen LogP contribution in [0.1, 0.15) is 58.6 Å². The molecule has 0 N–H and O–H groups in total. The molecule has 1 spiro atoms. The molecule has 0 aromatic carbocycles. The Bertz CT molecular complexity index is 1140. The molecular formula is C25H31N7O. The minimum Gasteiger partial charge on any atom is -0.350 e. The molecule has 8 nitrogen and oxygen atoms in total. The maximum Gasteiger partial charge on any atom is 0.228 e. The maximum atomic E-state index is 13.0. The molecule has 2 aromatic rings. The fourth-order valence-corrected chi connectivity index (χ4v) is 5.24. The van der Waals surface area contributed by atoms with Crippen molar-refractivity contribution in [3.8, 4) is 6.07 Å². The van der Waals surface area contributed by atoms with E-state index in [2.05, 4.69) is 39.7 Å². The quantitative estimate of drug-likeness (QED) is 0.700. The third-order valence-electron chi connectivity index (χ3n) is 7.22. The van der Waals surface area contributed by atoms with Crippen molar-refractivity contribution in [3.63, 3.8) is 0 Å². The molecule has 172 valence electrons. The molecule has 2 atom stereocenters. The second kappa shape index (κ2) is 7.41. The molecule has 4 heterocycles. The van der Waals surface area contributed by atoms with Gasteiger partial charge in [-0.1, -0.05) is 20.8 Å². The summed E-state index contributed by atoms with van der Waals surface area (Å²) in [5.74, 6) is 2.83.